The van der Waals surface area contributed by atoms with E-state index in [1.807, 2.05) is 6.92 Å². The van der Waals surface area contributed by atoms with Crippen LogP contribution in [0.1, 0.15) is 79.1 Å². The fraction of sp³-hybridized carbons (Fsp3) is 0.844. The lowest BCUT2D eigenvalue weighted by Crippen LogP contribution is -2.70. The molecule has 11 heteroatoms. The highest BCUT2D eigenvalue weighted by molar-refractivity contribution is 5.85. The van der Waals surface area contributed by atoms with E-state index in [-0.39, 0.29) is 42.5 Å². The van der Waals surface area contributed by atoms with Crippen molar-refractivity contribution in [1.29, 1.82) is 0 Å². The molecule has 2 saturated heterocycles. The number of aliphatic hydroxyl groups is 2. The molecule has 0 aromatic rings. The molecule has 43 heavy (non-hydrogen) atoms. The van der Waals surface area contributed by atoms with E-state index in [2.05, 4.69) is 6.92 Å². The summed E-state index contributed by atoms with van der Waals surface area (Å²) in [6.45, 7) is 6.81. The molecule has 4 aliphatic carbocycles. The maximum absolute atomic E-state index is 12.7. The molecule has 0 unspecified atom stereocenters. The normalized spacial score (nSPS) is 51.9. The van der Waals surface area contributed by atoms with Gasteiger partial charge in [-0.1, -0.05) is 6.92 Å². The summed E-state index contributed by atoms with van der Waals surface area (Å²) in [5, 5.41) is 24.4. The predicted octanol–water partition coefficient (Wildman–Crippen LogP) is 2.54. The Morgan fingerprint density at radius 1 is 0.977 bits per heavy atom. The first kappa shape index (κ1) is 29.6. The molecule has 11 nitrogen and oxygen atoms in total. The van der Waals surface area contributed by atoms with Crippen molar-refractivity contribution >= 4 is 17.9 Å². The van der Waals surface area contributed by atoms with Gasteiger partial charge in [-0.25, -0.2) is 4.79 Å². The Bertz CT molecular complexity index is 1220. The summed E-state index contributed by atoms with van der Waals surface area (Å²) >= 11 is 0. The summed E-state index contributed by atoms with van der Waals surface area (Å²) < 4.78 is 35.3. The minimum atomic E-state index is -1.89. The van der Waals surface area contributed by atoms with Crippen LogP contribution in [0.4, 0.5) is 0 Å². The van der Waals surface area contributed by atoms with Crippen LogP contribution in [0, 0.1) is 35.0 Å². The summed E-state index contributed by atoms with van der Waals surface area (Å²) in [5.74, 6) is -2.66. The SMILES string of the molecule is CC(=O)O[C@H]1C[C@@H](C)O[C@H]2O[C@@H]3C[C@@H]4CC[C@@H]5[C@H](CC[C@]6(C)[C@@H](C7=CC(=O)OC7)[C@H](OC(C)=O)C[C@]56O)[C@H]4C[C@H]3O[C@]21O. The van der Waals surface area contributed by atoms with Crippen molar-refractivity contribution in [3.05, 3.63) is 11.6 Å². The van der Waals surface area contributed by atoms with E-state index < -0.39 is 59.3 Å². The van der Waals surface area contributed by atoms with Gasteiger partial charge in [0, 0.05) is 44.1 Å². The molecule has 2 N–H and O–H groups in total. The molecule has 14 atom stereocenters. The van der Waals surface area contributed by atoms with Crippen LogP contribution in [0.2, 0.25) is 0 Å². The highest BCUT2D eigenvalue weighted by atomic mass is 16.8. The minimum Gasteiger partial charge on any atom is -0.462 e. The van der Waals surface area contributed by atoms with Gasteiger partial charge in [0.2, 0.25) is 6.29 Å². The third-order valence-electron chi connectivity index (χ3n) is 12.2. The second-order valence-corrected chi connectivity index (χ2v) is 14.5. The van der Waals surface area contributed by atoms with Crippen LogP contribution >= 0.6 is 0 Å². The highest BCUT2D eigenvalue weighted by Gasteiger charge is 2.70. The molecule has 0 spiro atoms. The number of cyclic esters (lactones) is 1. The lowest BCUT2D eigenvalue weighted by molar-refractivity contribution is -0.455. The summed E-state index contributed by atoms with van der Waals surface area (Å²) in [6, 6.07) is 0. The molecule has 7 aliphatic rings. The van der Waals surface area contributed by atoms with Crippen molar-refractivity contribution in [2.45, 2.75) is 127 Å². The lowest BCUT2D eigenvalue weighted by atomic mass is 9.47. The molecular formula is C32H44O11. The molecule has 4 saturated carbocycles. The Morgan fingerprint density at radius 3 is 2.44 bits per heavy atom. The van der Waals surface area contributed by atoms with Crippen LogP contribution in [-0.4, -0.2) is 82.9 Å². The van der Waals surface area contributed by atoms with E-state index in [0.29, 0.717) is 25.2 Å². The van der Waals surface area contributed by atoms with E-state index in [1.54, 1.807) is 0 Å². The van der Waals surface area contributed by atoms with Gasteiger partial charge in [0.05, 0.1) is 23.9 Å². The summed E-state index contributed by atoms with van der Waals surface area (Å²) in [5.41, 5.74) is -0.877. The zero-order valence-electron chi connectivity index (χ0n) is 25.4. The Balaban J connectivity index is 1.15. The number of fused-ring (bicyclic) bond motifs is 7. The number of ether oxygens (including phenoxy) is 6. The molecule has 238 valence electrons. The van der Waals surface area contributed by atoms with Crippen LogP contribution in [0.25, 0.3) is 0 Å². The van der Waals surface area contributed by atoms with Crippen molar-refractivity contribution in [2.24, 2.45) is 35.0 Å². The first-order valence-corrected chi connectivity index (χ1v) is 16.0. The van der Waals surface area contributed by atoms with Crippen LogP contribution in [0.3, 0.4) is 0 Å². The topological polar surface area (TPSA) is 147 Å². The van der Waals surface area contributed by atoms with Crippen molar-refractivity contribution in [3.63, 3.8) is 0 Å². The maximum atomic E-state index is 12.7. The number of esters is 3. The van der Waals surface area contributed by atoms with Gasteiger partial charge < -0.3 is 38.6 Å². The number of hydrogen-bond acceptors (Lipinski definition) is 11. The Labute approximate surface area is 251 Å². The zero-order valence-corrected chi connectivity index (χ0v) is 25.4. The van der Waals surface area contributed by atoms with Crippen LogP contribution in [0.15, 0.2) is 11.6 Å². The molecular weight excluding hydrogens is 560 g/mol. The molecule has 0 aromatic carbocycles. The van der Waals surface area contributed by atoms with E-state index in [4.69, 9.17) is 28.4 Å². The Morgan fingerprint density at radius 2 is 1.74 bits per heavy atom. The maximum Gasteiger partial charge on any atom is 0.331 e. The molecule has 6 fully saturated rings. The third kappa shape index (κ3) is 4.51. The second kappa shape index (κ2) is 10.2. The van der Waals surface area contributed by atoms with E-state index in [0.717, 1.165) is 37.7 Å². The largest absolute Gasteiger partial charge is 0.462 e. The second-order valence-electron chi connectivity index (χ2n) is 14.5. The first-order valence-electron chi connectivity index (χ1n) is 16.0. The van der Waals surface area contributed by atoms with Gasteiger partial charge in [0.1, 0.15) is 12.7 Å². The fourth-order valence-electron chi connectivity index (χ4n) is 10.5. The molecule has 0 radical (unpaired) electrons. The molecule has 3 aliphatic heterocycles. The van der Waals surface area contributed by atoms with Gasteiger partial charge in [-0.2, -0.15) is 0 Å². The molecule has 0 amide bonds. The average Bonchev–Trinajstić information content (AvgIpc) is 3.43. The van der Waals surface area contributed by atoms with Crippen molar-refractivity contribution in [3.8, 4) is 0 Å². The molecule has 0 aromatic heterocycles. The van der Waals surface area contributed by atoms with Crippen molar-refractivity contribution < 1.29 is 53.0 Å². The van der Waals surface area contributed by atoms with Gasteiger partial charge >= 0.3 is 17.9 Å². The highest BCUT2D eigenvalue weighted by Crippen LogP contribution is 2.68. The third-order valence-corrected chi connectivity index (χ3v) is 12.2. The smallest absolute Gasteiger partial charge is 0.331 e. The summed E-state index contributed by atoms with van der Waals surface area (Å²) in [7, 11) is 0. The lowest BCUT2D eigenvalue weighted by Gasteiger charge is -2.61. The first-order chi connectivity index (χ1) is 20.3. The zero-order chi connectivity index (χ0) is 30.5. The number of carbonyl (C=O) groups is 3. The monoisotopic (exact) mass is 604 g/mol. The van der Waals surface area contributed by atoms with Crippen LogP contribution in [-0.2, 0) is 42.8 Å². The molecule has 0 bridgehead atoms. The van der Waals surface area contributed by atoms with E-state index in [9.17, 15) is 24.6 Å². The number of rotatable bonds is 3. The van der Waals surface area contributed by atoms with Crippen molar-refractivity contribution in [2.75, 3.05) is 6.61 Å². The summed E-state index contributed by atoms with van der Waals surface area (Å²) in [4.78, 5) is 36.1. The summed E-state index contributed by atoms with van der Waals surface area (Å²) in [6.07, 6.45) is 3.54. The predicted molar refractivity (Wildman–Crippen MR) is 147 cm³/mol. The van der Waals surface area contributed by atoms with Crippen LogP contribution in [0.5, 0.6) is 0 Å². The quantitative estimate of drug-likeness (QED) is 0.278. The number of carbonyl (C=O) groups excluding carboxylic acids is 3. The van der Waals surface area contributed by atoms with E-state index >= 15 is 0 Å². The Kier molecular flexibility index (Phi) is 7.06. The minimum absolute atomic E-state index is 0.0151. The van der Waals surface area contributed by atoms with Gasteiger partial charge in [0.15, 0.2) is 6.10 Å². The Hall–Kier alpha value is -2.05. The van der Waals surface area contributed by atoms with Gasteiger partial charge in [-0.3, -0.25) is 9.59 Å². The van der Waals surface area contributed by atoms with Crippen LogP contribution < -0.4 is 0 Å². The average molecular weight is 605 g/mol. The molecule has 7 rings (SSSR count). The number of hydrogen-bond donors (Lipinski definition) is 2. The molecule has 3 heterocycles. The van der Waals surface area contributed by atoms with Gasteiger partial charge in [0.25, 0.3) is 5.79 Å². The van der Waals surface area contributed by atoms with E-state index in [1.165, 1.54) is 19.9 Å². The standard InChI is InChI=1S/C32H44O11/c1-15-9-26(41-17(3)34)32(37)29(39-15)42-23-10-18-5-6-22-20(21(18)12-24(23)43-32)7-8-30(4)28(19-11-27(35)38-14-19)25(40-16(2)33)13-31(22,30)36/h11,15,18,20-26,28-29,36-37H,5-10,12-14H2,1-4H3/t15-,18+,20-,21+,22-,23-,24-,25-,26+,28+,29+,30-,31+,32+/m1/s1. The van der Waals surface area contributed by atoms with Crippen molar-refractivity contribution in [1.82, 2.24) is 0 Å². The van der Waals surface area contributed by atoms with Gasteiger partial charge in [-0.05, 0) is 74.7 Å². The van der Waals surface area contributed by atoms with Gasteiger partial charge in [-0.15, -0.1) is 0 Å². The fourth-order valence-corrected chi connectivity index (χ4v) is 10.5.